The Balaban J connectivity index is 1.12. The molecule has 266 valence electrons. The maximum absolute atomic E-state index is 14.3. The van der Waals surface area contributed by atoms with Crippen LogP contribution in [0.5, 0.6) is 0 Å². The number of hydrogen-bond acceptors (Lipinski definition) is 8. The first-order valence-corrected chi connectivity index (χ1v) is 18.0. The van der Waals surface area contributed by atoms with Crippen LogP contribution in [0.4, 0.5) is 11.4 Å². The average molecular weight is 692 g/mol. The fraction of sp³-hybridized carbons (Fsp3) is 0.462. The molecular weight excluding hydrogens is 646 g/mol. The number of methoxy groups -OCH3 is 1. The first-order valence-electron chi connectivity index (χ1n) is 18.0. The number of ether oxygens (including phenoxy) is 2. The predicted molar refractivity (Wildman–Crippen MR) is 196 cm³/mol. The Bertz CT molecular complexity index is 2250. The van der Waals surface area contributed by atoms with E-state index in [2.05, 4.69) is 28.2 Å². The lowest BCUT2D eigenvalue weighted by Gasteiger charge is -2.36. The van der Waals surface area contributed by atoms with Gasteiger partial charge < -0.3 is 19.3 Å². The molecule has 5 aromatic rings. The van der Waals surface area contributed by atoms with Crippen molar-refractivity contribution in [2.75, 3.05) is 43.2 Å². The summed E-state index contributed by atoms with van der Waals surface area (Å²) in [5.74, 6) is 1.32. The van der Waals surface area contributed by atoms with E-state index < -0.39 is 5.41 Å². The van der Waals surface area contributed by atoms with E-state index in [0.29, 0.717) is 60.8 Å². The number of hydrogen-bond donors (Lipinski definition) is 0. The van der Waals surface area contributed by atoms with Crippen LogP contribution < -0.4 is 21.0 Å². The number of carbonyl (C=O) groups excluding carboxylic acids is 1. The summed E-state index contributed by atoms with van der Waals surface area (Å²) in [4.78, 5) is 50.2. The second kappa shape index (κ2) is 13.1. The number of morpholine rings is 1. The zero-order valence-corrected chi connectivity index (χ0v) is 29.7. The van der Waals surface area contributed by atoms with Gasteiger partial charge in [-0.2, -0.15) is 0 Å². The number of carbonyl (C=O) groups is 1. The third-order valence-corrected chi connectivity index (χ3v) is 11.0. The molecule has 0 radical (unpaired) electrons. The molecule has 0 N–H and O–H groups in total. The van der Waals surface area contributed by atoms with Gasteiger partial charge in [-0.25, -0.2) is 14.5 Å². The van der Waals surface area contributed by atoms with Crippen LogP contribution in [0.1, 0.15) is 50.6 Å². The summed E-state index contributed by atoms with van der Waals surface area (Å²) in [6.07, 6.45) is 4.85. The molecule has 5 heterocycles. The van der Waals surface area contributed by atoms with E-state index in [9.17, 15) is 14.4 Å². The molecule has 8 rings (SSSR count). The predicted octanol–water partition coefficient (Wildman–Crippen LogP) is 3.97. The van der Waals surface area contributed by atoms with Crippen LogP contribution in [0.25, 0.3) is 16.6 Å². The highest BCUT2D eigenvalue weighted by molar-refractivity contribution is 6.07. The quantitative estimate of drug-likeness (QED) is 0.205. The lowest BCUT2D eigenvalue weighted by molar-refractivity contribution is -0.122. The van der Waals surface area contributed by atoms with E-state index in [1.807, 2.05) is 49.9 Å². The molecule has 2 atom stereocenters. The summed E-state index contributed by atoms with van der Waals surface area (Å²) in [6.45, 7) is 9.42. The van der Waals surface area contributed by atoms with Crippen molar-refractivity contribution in [2.45, 2.75) is 77.2 Å². The summed E-state index contributed by atoms with van der Waals surface area (Å²) in [5, 5.41) is 5.05. The summed E-state index contributed by atoms with van der Waals surface area (Å²) < 4.78 is 16.2. The zero-order valence-electron chi connectivity index (χ0n) is 29.7. The molecule has 0 unspecified atom stereocenters. The molecule has 0 bridgehead atoms. The molecule has 1 saturated heterocycles. The highest BCUT2D eigenvalue weighted by Gasteiger charge is 2.45. The van der Waals surface area contributed by atoms with Gasteiger partial charge in [-0.1, -0.05) is 18.2 Å². The zero-order chi connectivity index (χ0) is 35.4. The number of pyridine rings is 1. The molecule has 0 spiro atoms. The Morgan fingerprint density at radius 1 is 1.02 bits per heavy atom. The van der Waals surface area contributed by atoms with Gasteiger partial charge >= 0.3 is 5.69 Å². The number of aryl methyl sites for hydroxylation is 3. The van der Waals surface area contributed by atoms with Gasteiger partial charge in [0.25, 0.3) is 5.56 Å². The van der Waals surface area contributed by atoms with Gasteiger partial charge in [0, 0.05) is 57.3 Å². The molecular formula is C39H45N7O5. The molecule has 3 aliphatic rings. The van der Waals surface area contributed by atoms with Gasteiger partial charge in [-0.3, -0.25) is 18.6 Å². The van der Waals surface area contributed by atoms with Gasteiger partial charge in [0.1, 0.15) is 11.9 Å². The molecule has 2 fully saturated rings. The maximum atomic E-state index is 14.3. The Morgan fingerprint density at radius 2 is 1.86 bits per heavy atom. The number of anilines is 2. The smallest absolute Gasteiger partial charge is 0.350 e. The van der Waals surface area contributed by atoms with Gasteiger partial charge in [-0.15, -0.1) is 5.10 Å². The SMILES string of the molecule is CO[C@@H](C)[C@@H]1CN(c2ccc3c(=O)n(CCc4ccc5c(c4)N(CC4CC4)C(=O)C5(C)C)c(CCn4nc5ccccn5c4=O)nc3c2)CCO1. The Morgan fingerprint density at radius 3 is 2.65 bits per heavy atom. The van der Waals surface area contributed by atoms with Gasteiger partial charge in [0.15, 0.2) is 5.65 Å². The third-order valence-electron chi connectivity index (χ3n) is 11.0. The minimum Gasteiger partial charge on any atom is -0.379 e. The first kappa shape index (κ1) is 33.3. The molecule has 12 heteroatoms. The molecule has 12 nitrogen and oxygen atoms in total. The second-order valence-corrected chi connectivity index (χ2v) is 14.8. The van der Waals surface area contributed by atoms with Crippen molar-refractivity contribution in [2.24, 2.45) is 5.92 Å². The van der Waals surface area contributed by atoms with Crippen LogP contribution in [-0.4, -0.2) is 75.2 Å². The molecule has 2 aromatic carbocycles. The Kier molecular flexibility index (Phi) is 8.54. The van der Waals surface area contributed by atoms with Crippen molar-refractivity contribution in [3.63, 3.8) is 0 Å². The topological polar surface area (TPSA) is 116 Å². The summed E-state index contributed by atoms with van der Waals surface area (Å²) >= 11 is 0. The number of amides is 1. The normalized spacial score (nSPS) is 19.3. The van der Waals surface area contributed by atoms with Gasteiger partial charge in [-0.05, 0) is 93.5 Å². The van der Waals surface area contributed by atoms with Gasteiger partial charge in [0.2, 0.25) is 5.91 Å². The van der Waals surface area contributed by atoms with Crippen LogP contribution in [0.3, 0.4) is 0 Å². The molecule has 1 amide bonds. The van der Waals surface area contributed by atoms with Crippen LogP contribution in [0.15, 0.2) is 70.4 Å². The van der Waals surface area contributed by atoms with Crippen molar-refractivity contribution in [3.8, 4) is 0 Å². The lowest BCUT2D eigenvalue weighted by Crippen LogP contribution is -2.47. The van der Waals surface area contributed by atoms with Crippen LogP contribution in [0.2, 0.25) is 0 Å². The molecule has 51 heavy (non-hydrogen) atoms. The van der Waals surface area contributed by atoms with E-state index in [4.69, 9.17) is 14.5 Å². The van der Waals surface area contributed by atoms with Gasteiger partial charge in [0.05, 0.1) is 35.6 Å². The number of rotatable bonds is 11. The summed E-state index contributed by atoms with van der Waals surface area (Å²) in [5.41, 5.74) is 4.33. The van der Waals surface area contributed by atoms with Crippen molar-refractivity contribution in [1.82, 2.24) is 23.7 Å². The second-order valence-electron chi connectivity index (χ2n) is 14.8. The number of aromatic nitrogens is 5. The summed E-state index contributed by atoms with van der Waals surface area (Å²) in [7, 11) is 1.69. The highest BCUT2D eigenvalue weighted by Crippen LogP contribution is 2.44. The van der Waals surface area contributed by atoms with E-state index in [1.54, 1.807) is 30.0 Å². The molecule has 1 saturated carbocycles. The number of benzene rings is 2. The highest BCUT2D eigenvalue weighted by atomic mass is 16.5. The average Bonchev–Trinajstić information content (AvgIpc) is 3.89. The van der Waals surface area contributed by atoms with Crippen LogP contribution >= 0.6 is 0 Å². The maximum Gasteiger partial charge on any atom is 0.350 e. The summed E-state index contributed by atoms with van der Waals surface area (Å²) in [6, 6.07) is 17.6. The standard InChI is InChI=1S/C39H45N7O5/c1-25(50-4)33-24-42(19-20-51-33)28-11-12-29-31(22-28)40-34(15-18-46-38(49)44-16-6-5-7-35(44)41-46)43(36(29)47)17-14-26-10-13-30-32(21-26)45(23-27-8-9-27)37(48)39(30,2)3/h5-7,10-13,16,21-22,25,27,33H,8-9,14-15,17-20,23-24H2,1-4H3/t25-,33-/m0/s1. The Labute approximate surface area is 296 Å². The minimum atomic E-state index is -0.561. The monoisotopic (exact) mass is 691 g/mol. The van der Waals surface area contributed by atoms with Crippen molar-refractivity contribution < 1.29 is 14.3 Å². The fourth-order valence-electron chi connectivity index (χ4n) is 7.57. The fourth-order valence-corrected chi connectivity index (χ4v) is 7.57. The largest absolute Gasteiger partial charge is 0.379 e. The molecule has 2 aliphatic heterocycles. The van der Waals surface area contributed by atoms with E-state index >= 15 is 0 Å². The first-order chi connectivity index (χ1) is 24.6. The third kappa shape index (κ3) is 6.14. The number of nitrogens with zero attached hydrogens (tertiary/aromatic N) is 7. The minimum absolute atomic E-state index is 0.0490. The van der Waals surface area contributed by atoms with Crippen LogP contribution in [0, 0.1) is 5.92 Å². The van der Waals surface area contributed by atoms with E-state index in [1.165, 1.54) is 21.9 Å². The lowest BCUT2D eigenvalue weighted by atomic mass is 9.85. The van der Waals surface area contributed by atoms with E-state index in [0.717, 1.165) is 35.6 Å². The number of fused-ring (bicyclic) bond motifs is 3. The van der Waals surface area contributed by atoms with Crippen LogP contribution in [-0.2, 0) is 45.6 Å². The van der Waals surface area contributed by atoms with Crippen molar-refractivity contribution in [3.05, 3.63) is 98.6 Å². The van der Waals surface area contributed by atoms with Crippen molar-refractivity contribution >= 4 is 33.8 Å². The van der Waals surface area contributed by atoms with E-state index in [-0.39, 0.29) is 35.9 Å². The Hall–Kier alpha value is -4.81. The molecule has 1 aliphatic carbocycles. The molecule has 3 aromatic heterocycles. The van der Waals surface area contributed by atoms with Crippen molar-refractivity contribution in [1.29, 1.82) is 0 Å².